The summed E-state index contributed by atoms with van der Waals surface area (Å²) in [6.45, 7) is 9.16. The molecular weight excluding hydrogens is 738 g/mol. The first-order valence-corrected chi connectivity index (χ1v) is 22.3. The van der Waals surface area contributed by atoms with E-state index in [9.17, 15) is 9.59 Å². The normalized spacial score (nSPS) is 9.32. The van der Waals surface area contributed by atoms with Gasteiger partial charge in [0.25, 0.3) is 11.8 Å². The Bertz CT molecular complexity index is 771. The molecule has 0 unspecified atom stereocenters. The van der Waals surface area contributed by atoms with E-state index >= 15 is 0 Å². The minimum absolute atomic E-state index is 0. The van der Waals surface area contributed by atoms with Crippen molar-refractivity contribution >= 4 is 54.1 Å². The van der Waals surface area contributed by atoms with Gasteiger partial charge in [-0.25, -0.2) is 11.0 Å². The first-order chi connectivity index (χ1) is 19.3. The number of aromatic hydroxyl groups is 2. The van der Waals surface area contributed by atoms with Crippen LogP contribution in [0.2, 0.25) is 17.7 Å². The van der Waals surface area contributed by atoms with E-state index in [2.05, 4.69) is 27.7 Å². The van der Waals surface area contributed by atoms with Crippen molar-refractivity contribution in [3.8, 4) is 11.5 Å². The molecule has 0 fully saturated rings. The second-order valence-electron chi connectivity index (χ2n) is 8.89. The van der Waals surface area contributed by atoms with Crippen molar-refractivity contribution < 1.29 is 35.7 Å². The summed E-state index contributed by atoms with van der Waals surface area (Å²) in [6, 6.07) is 11.1. The van der Waals surface area contributed by atoms with Gasteiger partial charge in [0.15, 0.2) is 0 Å². The molecule has 2 rings (SSSR count). The van der Waals surface area contributed by atoms with Gasteiger partial charge in [0.2, 0.25) is 0 Å². The van der Waals surface area contributed by atoms with Gasteiger partial charge in [-0.15, -0.1) is 0 Å². The molecule has 0 atom stereocenters. The molecule has 2 aromatic rings. The summed E-state index contributed by atoms with van der Waals surface area (Å²) in [7, 11) is 0. The number of rotatable bonds is 14. The van der Waals surface area contributed by atoms with Gasteiger partial charge in [0.05, 0.1) is 0 Å². The van der Waals surface area contributed by atoms with E-state index in [1.165, 1.54) is 111 Å². The Morgan fingerprint density at radius 2 is 0.805 bits per heavy atom. The van der Waals surface area contributed by atoms with Crippen LogP contribution in [0.25, 0.3) is 0 Å². The Morgan fingerprint density at radius 3 is 1.00 bits per heavy atom. The third-order valence-corrected chi connectivity index (χ3v) is 13.4. The van der Waals surface area contributed by atoms with Gasteiger partial charge in [-0.05, 0) is 48.5 Å². The predicted molar refractivity (Wildman–Crippen MR) is 169 cm³/mol. The number of nitrogens with one attached hydrogen (secondary N) is 2. The van der Waals surface area contributed by atoms with E-state index in [-0.39, 0.29) is 59.3 Å². The third kappa shape index (κ3) is 28.4. The van der Waals surface area contributed by atoms with E-state index in [0.29, 0.717) is 11.1 Å². The summed E-state index contributed by atoms with van der Waals surface area (Å²) in [5, 5.41) is 34.0. The van der Waals surface area contributed by atoms with E-state index in [0.717, 1.165) is 0 Å². The van der Waals surface area contributed by atoms with Crippen LogP contribution < -0.4 is 11.0 Å². The number of phenols is 2. The summed E-state index contributed by atoms with van der Waals surface area (Å²) < 4.78 is 6.50. The zero-order valence-corrected chi connectivity index (χ0v) is 30.9. The van der Waals surface area contributed by atoms with Gasteiger partial charge in [0, 0.05) is 11.1 Å². The molecule has 41 heavy (non-hydrogen) atoms. The summed E-state index contributed by atoms with van der Waals surface area (Å²) >= 11 is 0.299. The fourth-order valence-corrected chi connectivity index (χ4v) is 11.1. The number of unbranched alkanes of at least 4 members (excludes halogenated alkanes) is 4. The summed E-state index contributed by atoms with van der Waals surface area (Å²) in [6.07, 6.45) is 11.7. The Kier molecular flexibility index (Phi) is 35.3. The minimum Gasteiger partial charge on any atom is -0.508 e. The van der Waals surface area contributed by atoms with Crippen molar-refractivity contribution in [1.29, 1.82) is 0 Å². The molecule has 0 aliphatic rings. The number of phenolic OH excluding ortho intramolecular Hbond substituents is 2. The third-order valence-electron chi connectivity index (χ3n) is 5.29. The molecule has 8 N–H and O–H groups in total. The van der Waals surface area contributed by atoms with E-state index < -0.39 is 11.8 Å². The maximum atomic E-state index is 10.7. The molecule has 0 heterocycles. The first kappa shape index (κ1) is 43.9. The molecular formula is C30H52N2O7Sn2. The van der Waals surface area contributed by atoms with Crippen molar-refractivity contribution in [3.05, 3.63) is 59.7 Å². The zero-order valence-electron chi connectivity index (χ0n) is 25.2. The quantitative estimate of drug-likeness (QED) is 0.0556. The molecule has 0 saturated carbocycles. The fraction of sp³-hybridized carbons (Fsp3) is 0.533. The van der Waals surface area contributed by atoms with Crippen molar-refractivity contribution in [2.45, 2.75) is 96.8 Å². The van der Waals surface area contributed by atoms with E-state index in [4.69, 9.17) is 20.6 Å². The number of hydrogen-bond donors (Lipinski definition) is 6. The maximum absolute atomic E-state index is 10.7. The van der Waals surface area contributed by atoms with Crippen molar-refractivity contribution in [2.24, 2.45) is 0 Å². The second-order valence-corrected chi connectivity index (χ2v) is 17.5. The Morgan fingerprint density at radius 1 is 0.561 bits per heavy atom. The topological polar surface area (TPSA) is 171 Å². The molecule has 232 valence electrons. The fourth-order valence-electron chi connectivity index (χ4n) is 2.81. The van der Waals surface area contributed by atoms with Crippen LogP contribution in [0.1, 0.15) is 99.8 Å². The Balaban J connectivity index is -0.000000469. The SMILES string of the molecule is CCC[CH2][Sn][CH2]CCC.CCC[CH2][Sn][CH2]CCC.O.O=C(NO)c1ccc(O)cc1.O=C(NO)c1ccc(O)cc1. The summed E-state index contributed by atoms with van der Waals surface area (Å²) in [5.41, 5.74) is 3.55. The number of hydroxylamine groups is 2. The van der Waals surface area contributed by atoms with E-state index in [1.807, 2.05) is 0 Å². The molecule has 0 aromatic heterocycles. The van der Waals surface area contributed by atoms with Gasteiger partial charge in [-0.3, -0.25) is 20.0 Å². The Labute approximate surface area is 267 Å². The smallest absolute Gasteiger partial charge is 0.274 e. The largest absolute Gasteiger partial charge is 0.508 e. The molecule has 0 aliphatic heterocycles. The molecule has 0 saturated heterocycles. The molecule has 11 heteroatoms. The van der Waals surface area contributed by atoms with Crippen molar-refractivity contribution in [2.75, 3.05) is 0 Å². The number of carbonyl (C=O) groups excluding carboxylic acids is 2. The van der Waals surface area contributed by atoms with Crippen LogP contribution in [0.15, 0.2) is 48.5 Å². The maximum Gasteiger partial charge on any atom is 0.274 e. The standard InChI is InChI=1S/2C7H7NO3.4C4H9.H2O.2Sn/c2*9-6-3-1-5(2-4-6)7(10)8-11;4*1-3-4-2;;;/h2*1-4,9,11H,(H,8,10);4*1,3-4H2,2H3;1H2;;. The molecule has 4 radical (unpaired) electrons. The summed E-state index contributed by atoms with van der Waals surface area (Å²) in [5.74, 6) is -1.02. The van der Waals surface area contributed by atoms with Crippen LogP contribution in [0.5, 0.6) is 11.5 Å². The van der Waals surface area contributed by atoms with Gasteiger partial charge in [-0.2, -0.15) is 0 Å². The molecule has 2 aromatic carbocycles. The Hall–Kier alpha value is -1.54. The zero-order chi connectivity index (χ0) is 30.4. The number of benzene rings is 2. The average Bonchev–Trinajstić information content (AvgIpc) is 2.98. The van der Waals surface area contributed by atoms with Gasteiger partial charge in [0.1, 0.15) is 11.5 Å². The van der Waals surface area contributed by atoms with Crippen molar-refractivity contribution in [1.82, 2.24) is 11.0 Å². The number of carbonyl (C=O) groups is 2. The monoisotopic (exact) mass is 792 g/mol. The van der Waals surface area contributed by atoms with Gasteiger partial charge in [-0.1, -0.05) is 0 Å². The van der Waals surface area contributed by atoms with E-state index in [1.54, 1.807) is 17.7 Å². The average molecular weight is 790 g/mol. The second kappa shape index (κ2) is 33.0. The molecule has 0 spiro atoms. The van der Waals surface area contributed by atoms with Crippen molar-refractivity contribution in [3.63, 3.8) is 0 Å². The van der Waals surface area contributed by atoms with Crippen LogP contribution in [-0.2, 0) is 0 Å². The van der Waals surface area contributed by atoms with Crippen LogP contribution >= 0.6 is 0 Å². The van der Waals surface area contributed by atoms with Crippen LogP contribution in [0.3, 0.4) is 0 Å². The molecule has 0 bridgehead atoms. The molecule has 0 aliphatic carbocycles. The predicted octanol–water partition coefficient (Wildman–Crippen LogP) is 6.45. The van der Waals surface area contributed by atoms with Crippen LogP contribution in [0.4, 0.5) is 0 Å². The molecule has 9 nitrogen and oxygen atoms in total. The van der Waals surface area contributed by atoms with Gasteiger partial charge < -0.3 is 15.7 Å². The van der Waals surface area contributed by atoms with Crippen LogP contribution in [-0.4, -0.2) is 80.2 Å². The minimum atomic E-state index is -0.593. The number of hydrogen-bond acceptors (Lipinski definition) is 6. The molecule has 2 amide bonds. The van der Waals surface area contributed by atoms with Gasteiger partial charge >= 0.3 is 139 Å². The number of amides is 2. The first-order valence-electron chi connectivity index (χ1n) is 14.2. The summed E-state index contributed by atoms with van der Waals surface area (Å²) in [4.78, 5) is 21.4. The van der Waals surface area contributed by atoms with Crippen LogP contribution in [0, 0.1) is 0 Å².